The van der Waals surface area contributed by atoms with Gasteiger partial charge in [-0.2, -0.15) is 0 Å². The molecule has 0 aromatic heterocycles. The van der Waals surface area contributed by atoms with Crippen LogP contribution in [0.25, 0.3) is 0 Å². The molecule has 1 aromatic carbocycles. The van der Waals surface area contributed by atoms with E-state index in [-0.39, 0.29) is 11.4 Å². The number of aliphatic hydroxyl groups is 4. The van der Waals surface area contributed by atoms with Gasteiger partial charge in [-0.1, -0.05) is 24.8 Å². The molecule has 1 fully saturated rings. The van der Waals surface area contributed by atoms with E-state index in [1.807, 2.05) is 0 Å². The molecule has 33 heavy (non-hydrogen) atoms. The van der Waals surface area contributed by atoms with Crippen molar-refractivity contribution in [2.75, 3.05) is 13.2 Å². The number of ether oxygens (including phenoxy) is 4. The Balaban J connectivity index is 2.44. The van der Waals surface area contributed by atoms with Crippen LogP contribution in [0.1, 0.15) is 6.92 Å². The third-order valence-corrected chi connectivity index (χ3v) is 6.68. The van der Waals surface area contributed by atoms with E-state index in [2.05, 4.69) is 6.58 Å². The van der Waals surface area contributed by atoms with Crippen molar-refractivity contribution < 1.29 is 57.4 Å². The third-order valence-electron chi connectivity index (χ3n) is 4.86. The average Bonchev–Trinajstić information content (AvgIpc) is 2.80. The minimum absolute atomic E-state index is 0.0276. The fraction of sp³-hybridized carbons (Fsp3) is 0.500. The first-order valence-corrected chi connectivity index (χ1v) is 11.2. The van der Waals surface area contributed by atoms with E-state index in [0.717, 1.165) is 6.92 Å². The lowest BCUT2D eigenvalue weighted by atomic mass is 9.99. The summed E-state index contributed by atoms with van der Waals surface area (Å²) in [7, 11) is -4.31. The topological polar surface area (TPSA) is 186 Å². The van der Waals surface area contributed by atoms with E-state index < -0.39 is 76.8 Å². The first kappa shape index (κ1) is 26.9. The summed E-state index contributed by atoms with van der Waals surface area (Å²) >= 11 is 0. The zero-order valence-electron chi connectivity index (χ0n) is 17.6. The molecule has 1 aromatic rings. The Morgan fingerprint density at radius 3 is 2.36 bits per heavy atom. The molecule has 13 heteroatoms. The van der Waals surface area contributed by atoms with Crippen LogP contribution in [0.2, 0.25) is 0 Å². The number of esters is 1. The van der Waals surface area contributed by atoms with Crippen molar-refractivity contribution in [1.29, 1.82) is 0 Å². The molecule has 2 rings (SSSR count). The van der Waals surface area contributed by atoms with E-state index in [1.165, 1.54) is 24.3 Å². The molecular formula is C20H26O12S. The molecule has 0 unspecified atom stereocenters. The van der Waals surface area contributed by atoms with Crippen LogP contribution in [0.4, 0.5) is 0 Å². The van der Waals surface area contributed by atoms with Crippen LogP contribution in [-0.4, -0.2) is 97.4 Å². The molecule has 184 valence electrons. The largest absolute Gasteiger partial charge is 0.462 e. The number of rotatable bonds is 11. The summed E-state index contributed by atoms with van der Waals surface area (Å²) < 4.78 is 46.8. The first-order chi connectivity index (χ1) is 15.5. The third kappa shape index (κ3) is 6.35. The Bertz CT molecular complexity index is 916. The molecule has 1 heterocycles. The predicted molar refractivity (Wildman–Crippen MR) is 109 cm³/mol. The van der Waals surface area contributed by atoms with E-state index in [9.17, 15) is 38.4 Å². The second kappa shape index (κ2) is 11.7. The van der Waals surface area contributed by atoms with Crippen LogP contribution >= 0.6 is 0 Å². The van der Waals surface area contributed by atoms with Crippen molar-refractivity contribution in [1.82, 2.24) is 0 Å². The second-order valence-corrected chi connectivity index (χ2v) is 9.11. The minimum atomic E-state index is -4.31. The second-order valence-electron chi connectivity index (χ2n) is 7.11. The van der Waals surface area contributed by atoms with Gasteiger partial charge in [-0.15, -0.1) is 0 Å². The van der Waals surface area contributed by atoms with Gasteiger partial charge in [-0.05, 0) is 12.1 Å². The maximum atomic E-state index is 13.1. The lowest BCUT2D eigenvalue weighted by molar-refractivity contribution is -0.313. The summed E-state index contributed by atoms with van der Waals surface area (Å²) in [4.78, 5) is 21.5. The van der Waals surface area contributed by atoms with Crippen molar-refractivity contribution in [3.05, 3.63) is 41.8 Å². The summed E-state index contributed by atoms with van der Waals surface area (Å²) in [5.41, 5.74) is 0. The molecule has 0 bridgehead atoms. The number of carbonyl (C=O) groups is 2. The van der Waals surface area contributed by atoms with Gasteiger partial charge in [-0.3, -0.25) is 9.59 Å². The van der Waals surface area contributed by atoms with Gasteiger partial charge in [0, 0.05) is 6.92 Å². The number of hydrogen-bond acceptors (Lipinski definition) is 12. The molecule has 12 nitrogen and oxygen atoms in total. The normalized spacial score (nSPS) is 27.2. The van der Waals surface area contributed by atoms with Crippen molar-refractivity contribution >= 4 is 22.3 Å². The highest BCUT2D eigenvalue weighted by atomic mass is 32.2. The van der Waals surface area contributed by atoms with Crippen molar-refractivity contribution in [3.63, 3.8) is 0 Å². The summed E-state index contributed by atoms with van der Waals surface area (Å²) in [6.45, 7) is 3.19. The lowest BCUT2D eigenvalue weighted by Gasteiger charge is -2.41. The number of carbonyl (C=O) groups excluding carboxylic acids is 2. The molecule has 0 spiro atoms. The van der Waals surface area contributed by atoms with Gasteiger partial charge in [0.2, 0.25) is 9.84 Å². The summed E-state index contributed by atoms with van der Waals surface area (Å²) in [5.74, 6) is -0.766. The average molecular weight is 490 g/mol. The van der Waals surface area contributed by atoms with Gasteiger partial charge in [0.05, 0.1) is 16.4 Å². The zero-order chi connectivity index (χ0) is 24.8. The number of hydrogen-bond donors (Lipinski definition) is 4. The summed E-state index contributed by atoms with van der Waals surface area (Å²) in [6, 6.07) is 7.08. The fourth-order valence-corrected chi connectivity index (χ4v) is 4.40. The van der Waals surface area contributed by atoms with Crippen LogP contribution in [0, 0.1) is 0 Å². The van der Waals surface area contributed by atoms with E-state index in [1.54, 1.807) is 6.07 Å². The molecule has 0 radical (unpaired) electrons. The van der Waals surface area contributed by atoms with E-state index in [0.29, 0.717) is 0 Å². The molecule has 1 aliphatic heterocycles. The van der Waals surface area contributed by atoms with Crippen molar-refractivity contribution in [3.8, 4) is 0 Å². The minimum Gasteiger partial charge on any atom is -0.462 e. The van der Waals surface area contributed by atoms with Crippen LogP contribution < -0.4 is 0 Å². The molecule has 0 saturated carbocycles. The molecule has 0 aliphatic carbocycles. The van der Waals surface area contributed by atoms with Crippen LogP contribution in [0.5, 0.6) is 0 Å². The van der Waals surface area contributed by atoms with Crippen LogP contribution in [-0.2, 0) is 38.4 Å². The molecular weight excluding hydrogens is 464 g/mol. The fourth-order valence-electron chi connectivity index (χ4n) is 3.07. The standard InChI is InChI=1S/C20H26O12S/c1-11(33(27,28)13-6-4-3-5-7-13)19(15(30-10-22)9-29-12(2)23)32-20-18(26)17(25)16(24)14(8-21)31-20/h3-7,10,14-21,24-26H,1,8-9H2,2H3/t14-,15-,16+,17+,18-,19+,20+/m1/s1. The highest BCUT2D eigenvalue weighted by Gasteiger charge is 2.47. The van der Waals surface area contributed by atoms with Crippen LogP contribution in [0.3, 0.4) is 0 Å². The molecule has 0 amide bonds. The van der Waals surface area contributed by atoms with Gasteiger partial charge in [-0.25, -0.2) is 8.42 Å². The Morgan fingerprint density at radius 2 is 1.82 bits per heavy atom. The predicted octanol–water partition coefficient (Wildman–Crippen LogP) is -1.74. The maximum absolute atomic E-state index is 13.1. The Morgan fingerprint density at radius 1 is 1.18 bits per heavy atom. The molecule has 4 N–H and O–H groups in total. The Hall–Kier alpha value is -2.39. The monoisotopic (exact) mass is 490 g/mol. The smallest absolute Gasteiger partial charge is 0.302 e. The number of sulfone groups is 1. The van der Waals surface area contributed by atoms with Crippen molar-refractivity contribution in [2.45, 2.75) is 54.7 Å². The Kier molecular flexibility index (Phi) is 9.48. The summed E-state index contributed by atoms with van der Waals surface area (Å²) in [6.07, 6.45) is -11.9. The molecule has 1 aliphatic rings. The highest BCUT2D eigenvalue weighted by molar-refractivity contribution is 7.95. The summed E-state index contributed by atoms with van der Waals surface area (Å²) in [5, 5.41) is 39.6. The molecule has 1 saturated heterocycles. The highest BCUT2D eigenvalue weighted by Crippen LogP contribution is 2.30. The van der Waals surface area contributed by atoms with Gasteiger partial charge in [0.25, 0.3) is 6.47 Å². The van der Waals surface area contributed by atoms with Gasteiger partial charge < -0.3 is 39.4 Å². The van der Waals surface area contributed by atoms with E-state index >= 15 is 0 Å². The zero-order valence-corrected chi connectivity index (χ0v) is 18.4. The number of aliphatic hydroxyl groups excluding tert-OH is 4. The van der Waals surface area contributed by atoms with Gasteiger partial charge in [0.1, 0.15) is 37.1 Å². The van der Waals surface area contributed by atoms with E-state index in [4.69, 9.17) is 18.9 Å². The number of benzene rings is 1. The van der Waals surface area contributed by atoms with Gasteiger partial charge in [0.15, 0.2) is 12.4 Å². The molecule has 7 atom stereocenters. The quantitative estimate of drug-likeness (QED) is 0.203. The SMILES string of the molecule is C=C([C@H](O[C@@H]1O[C@H](CO)[C@H](O)[C@H](O)[C@H]1O)[C@@H](COC(C)=O)OC=O)S(=O)(=O)c1ccccc1. The maximum Gasteiger partial charge on any atom is 0.302 e. The van der Waals surface area contributed by atoms with Crippen molar-refractivity contribution in [2.24, 2.45) is 0 Å². The lowest BCUT2D eigenvalue weighted by Crippen LogP contribution is -2.60. The van der Waals surface area contributed by atoms with Crippen LogP contribution in [0.15, 0.2) is 46.7 Å². The first-order valence-electron chi connectivity index (χ1n) is 9.72. The van der Waals surface area contributed by atoms with Gasteiger partial charge >= 0.3 is 5.97 Å². The Labute approximate surface area is 189 Å².